The van der Waals surface area contributed by atoms with Gasteiger partial charge in [0.25, 0.3) is 0 Å². The molecule has 0 radical (unpaired) electrons. The number of aryl methyl sites for hydroxylation is 1. The summed E-state index contributed by atoms with van der Waals surface area (Å²) in [6.07, 6.45) is 3.39. The lowest BCUT2D eigenvalue weighted by atomic mass is 9.97. The quantitative estimate of drug-likeness (QED) is 0.757. The monoisotopic (exact) mass is 297 g/mol. The number of hydrogen-bond donors (Lipinski definition) is 0. The number of aromatic nitrogens is 3. The molecule has 1 atom stereocenters. The maximum atomic E-state index is 6.24. The molecule has 0 saturated heterocycles. The molecule has 0 saturated carbocycles. The molecule has 1 unspecified atom stereocenters. The van der Waals surface area contributed by atoms with E-state index in [2.05, 4.69) is 17.0 Å². The molecule has 102 valence electrons. The molecule has 2 rings (SSSR count). The van der Waals surface area contributed by atoms with Crippen LogP contribution in [0.25, 0.3) is 0 Å². The minimum absolute atomic E-state index is 0.162. The molecular weight excluding hydrogens is 281 g/mol. The SMILES string of the molecule is CCCn1ncnc1CC(CCl)c1ccccc1Cl. The third-order valence-electron chi connectivity index (χ3n) is 3.09. The van der Waals surface area contributed by atoms with Crippen molar-refractivity contribution in [3.8, 4) is 0 Å². The minimum Gasteiger partial charge on any atom is -0.250 e. The molecule has 0 amide bonds. The summed E-state index contributed by atoms with van der Waals surface area (Å²) in [5, 5.41) is 5.00. The number of alkyl halides is 1. The third-order valence-corrected chi connectivity index (χ3v) is 3.81. The predicted octanol–water partition coefficient (Wildman–Crippen LogP) is 3.91. The van der Waals surface area contributed by atoms with Gasteiger partial charge >= 0.3 is 0 Å². The zero-order valence-electron chi connectivity index (χ0n) is 10.9. The highest BCUT2D eigenvalue weighted by Gasteiger charge is 2.17. The molecule has 1 aromatic carbocycles. The summed E-state index contributed by atoms with van der Waals surface area (Å²) >= 11 is 12.3. The average Bonchev–Trinajstić information content (AvgIpc) is 2.85. The summed E-state index contributed by atoms with van der Waals surface area (Å²) in [5.74, 6) is 1.64. The van der Waals surface area contributed by atoms with E-state index in [1.165, 1.54) is 0 Å². The van der Waals surface area contributed by atoms with Crippen LogP contribution in [0, 0.1) is 0 Å². The Morgan fingerprint density at radius 1 is 1.32 bits per heavy atom. The molecule has 2 aromatic rings. The van der Waals surface area contributed by atoms with Gasteiger partial charge in [-0.2, -0.15) is 5.10 Å². The maximum absolute atomic E-state index is 6.24. The molecule has 0 aliphatic rings. The van der Waals surface area contributed by atoms with Gasteiger partial charge in [0.2, 0.25) is 0 Å². The van der Waals surface area contributed by atoms with Gasteiger partial charge in [-0.05, 0) is 18.1 Å². The van der Waals surface area contributed by atoms with Crippen molar-refractivity contribution in [3.05, 3.63) is 47.0 Å². The van der Waals surface area contributed by atoms with Crippen LogP contribution in [0.5, 0.6) is 0 Å². The van der Waals surface area contributed by atoms with Crippen molar-refractivity contribution in [3.63, 3.8) is 0 Å². The fraction of sp³-hybridized carbons (Fsp3) is 0.429. The second-order valence-electron chi connectivity index (χ2n) is 4.48. The van der Waals surface area contributed by atoms with Crippen LogP contribution in [0.2, 0.25) is 5.02 Å². The number of nitrogens with zero attached hydrogens (tertiary/aromatic N) is 3. The highest BCUT2D eigenvalue weighted by atomic mass is 35.5. The summed E-state index contributed by atoms with van der Waals surface area (Å²) in [6, 6.07) is 7.83. The van der Waals surface area contributed by atoms with Crippen molar-refractivity contribution >= 4 is 23.2 Å². The van der Waals surface area contributed by atoms with E-state index in [-0.39, 0.29) is 5.92 Å². The number of halogens is 2. The topological polar surface area (TPSA) is 30.7 Å². The van der Waals surface area contributed by atoms with Gasteiger partial charge < -0.3 is 0 Å². The van der Waals surface area contributed by atoms with Gasteiger partial charge in [-0.3, -0.25) is 4.68 Å². The maximum Gasteiger partial charge on any atom is 0.138 e. The van der Waals surface area contributed by atoms with Gasteiger partial charge in [0, 0.05) is 29.8 Å². The zero-order valence-corrected chi connectivity index (χ0v) is 12.4. The van der Waals surface area contributed by atoms with Crippen LogP contribution >= 0.6 is 23.2 Å². The number of rotatable bonds is 6. The first-order valence-electron chi connectivity index (χ1n) is 6.43. The summed E-state index contributed by atoms with van der Waals surface area (Å²) in [4.78, 5) is 4.33. The molecule has 1 heterocycles. The van der Waals surface area contributed by atoms with Crippen LogP contribution in [0.4, 0.5) is 0 Å². The Kier molecular flexibility index (Phi) is 5.23. The van der Waals surface area contributed by atoms with Gasteiger partial charge in [-0.15, -0.1) is 11.6 Å². The van der Waals surface area contributed by atoms with Gasteiger partial charge in [0.1, 0.15) is 12.2 Å². The summed E-state index contributed by atoms with van der Waals surface area (Å²) < 4.78 is 1.94. The predicted molar refractivity (Wildman–Crippen MR) is 78.9 cm³/mol. The minimum atomic E-state index is 0.162. The third kappa shape index (κ3) is 3.48. The molecule has 0 aliphatic heterocycles. The first-order valence-corrected chi connectivity index (χ1v) is 7.34. The highest BCUT2D eigenvalue weighted by Crippen LogP contribution is 2.28. The molecule has 0 N–H and O–H groups in total. The van der Waals surface area contributed by atoms with Gasteiger partial charge in [-0.25, -0.2) is 4.98 Å². The van der Waals surface area contributed by atoms with Crippen LogP contribution < -0.4 is 0 Å². The summed E-state index contributed by atoms with van der Waals surface area (Å²) in [7, 11) is 0. The molecular formula is C14H17Cl2N3. The molecule has 0 fully saturated rings. The Labute approximate surface area is 123 Å². The van der Waals surface area contributed by atoms with E-state index in [9.17, 15) is 0 Å². The van der Waals surface area contributed by atoms with E-state index in [1.807, 2.05) is 28.9 Å². The average molecular weight is 298 g/mol. The van der Waals surface area contributed by atoms with Gasteiger partial charge in [0.05, 0.1) is 0 Å². The first kappa shape index (κ1) is 14.4. The Bertz CT molecular complexity index is 525. The molecule has 19 heavy (non-hydrogen) atoms. The van der Waals surface area contributed by atoms with E-state index in [4.69, 9.17) is 23.2 Å². The molecule has 0 aliphatic carbocycles. The number of benzene rings is 1. The Balaban J connectivity index is 2.19. The molecule has 0 bridgehead atoms. The van der Waals surface area contributed by atoms with Gasteiger partial charge in [0.15, 0.2) is 0 Å². The van der Waals surface area contributed by atoms with E-state index >= 15 is 0 Å². The molecule has 1 aromatic heterocycles. The number of hydrogen-bond acceptors (Lipinski definition) is 2. The van der Waals surface area contributed by atoms with E-state index in [0.29, 0.717) is 5.88 Å². The fourth-order valence-corrected chi connectivity index (χ4v) is 2.68. The van der Waals surface area contributed by atoms with Crippen molar-refractivity contribution in [2.24, 2.45) is 0 Å². The Hall–Kier alpha value is -1.06. The van der Waals surface area contributed by atoms with Crippen molar-refractivity contribution in [1.29, 1.82) is 0 Å². The van der Waals surface area contributed by atoms with Crippen molar-refractivity contribution in [1.82, 2.24) is 14.8 Å². The van der Waals surface area contributed by atoms with Crippen LogP contribution in [-0.2, 0) is 13.0 Å². The smallest absolute Gasteiger partial charge is 0.138 e. The van der Waals surface area contributed by atoms with Crippen LogP contribution in [0.3, 0.4) is 0 Å². The van der Waals surface area contributed by atoms with Crippen molar-refractivity contribution in [2.45, 2.75) is 32.2 Å². The first-order chi connectivity index (χ1) is 9.26. The summed E-state index contributed by atoms with van der Waals surface area (Å²) in [5.41, 5.74) is 1.07. The lowest BCUT2D eigenvalue weighted by molar-refractivity contribution is 0.554. The molecule has 0 spiro atoms. The summed E-state index contributed by atoms with van der Waals surface area (Å²) in [6.45, 7) is 3.01. The standard InChI is InChI=1S/C14H17Cl2N3/c1-2-7-19-14(17-10-18-19)8-11(9-15)12-5-3-4-6-13(12)16/h3-6,10-11H,2,7-9H2,1H3. The van der Waals surface area contributed by atoms with E-state index in [1.54, 1.807) is 6.33 Å². The van der Waals surface area contributed by atoms with Crippen LogP contribution in [0.15, 0.2) is 30.6 Å². The van der Waals surface area contributed by atoms with E-state index < -0.39 is 0 Å². The highest BCUT2D eigenvalue weighted by molar-refractivity contribution is 6.31. The Morgan fingerprint density at radius 3 is 2.79 bits per heavy atom. The van der Waals surface area contributed by atoms with Gasteiger partial charge in [-0.1, -0.05) is 36.7 Å². The van der Waals surface area contributed by atoms with Crippen molar-refractivity contribution < 1.29 is 0 Å². The van der Waals surface area contributed by atoms with E-state index in [0.717, 1.165) is 35.8 Å². The molecule has 3 nitrogen and oxygen atoms in total. The molecule has 5 heteroatoms. The second kappa shape index (κ2) is 6.92. The Morgan fingerprint density at radius 2 is 2.11 bits per heavy atom. The van der Waals surface area contributed by atoms with Crippen molar-refractivity contribution in [2.75, 3.05) is 5.88 Å². The lowest BCUT2D eigenvalue weighted by Crippen LogP contribution is -2.12. The zero-order chi connectivity index (χ0) is 13.7. The lowest BCUT2D eigenvalue weighted by Gasteiger charge is -2.15. The normalized spacial score (nSPS) is 12.6. The van der Waals surface area contributed by atoms with Crippen LogP contribution in [0.1, 0.15) is 30.7 Å². The second-order valence-corrected chi connectivity index (χ2v) is 5.19. The van der Waals surface area contributed by atoms with Crippen LogP contribution in [-0.4, -0.2) is 20.6 Å². The largest absolute Gasteiger partial charge is 0.250 e. The fourth-order valence-electron chi connectivity index (χ4n) is 2.12.